The first-order valence-electron chi connectivity index (χ1n) is 7.00. The fourth-order valence-electron chi connectivity index (χ4n) is 2.45. The van der Waals surface area contributed by atoms with Gasteiger partial charge in [-0.05, 0) is 47.9 Å². The maximum absolute atomic E-state index is 10.1. The van der Waals surface area contributed by atoms with Gasteiger partial charge in [0.25, 0.3) is 0 Å². The number of rotatable bonds is 4. The Morgan fingerprint density at radius 2 is 2.11 bits per heavy atom. The molecule has 3 heteroatoms. The van der Waals surface area contributed by atoms with Gasteiger partial charge in [0.15, 0.2) is 0 Å². The average molecular weight is 283 g/mol. The van der Waals surface area contributed by atoms with Crippen LogP contribution in [0.2, 0.25) is 5.02 Å². The molecule has 1 unspecified atom stereocenters. The summed E-state index contributed by atoms with van der Waals surface area (Å²) in [7, 11) is 0. The van der Waals surface area contributed by atoms with Crippen LogP contribution in [0.15, 0.2) is 12.1 Å². The molecule has 0 amide bonds. The lowest BCUT2D eigenvalue weighted by Gasteiger charge is -2.25. The van der Waals surface area contributed by atoms with Crippen molar-refractivity contribution in [2.24, 2.45) is 5.41 Å². The first-order chi connectivity index (χ1) is 8.88. The molecule has 0 saturated heterocycles. The van der Waals surface area contributed by atoms with Crippen molar-refractivity contribution in [2.45, 2.75) is 52.6 Å². The van der Waals surface area contributed by atoms with Gasteiger partial charge in [0.1, 0.15) is 5.75 Å². The Morgan fingerprint density at radius 3 is 2.79 bits per heavy atom. The maximum atomic E-state index is 10.1. The molecule has 1 N–H and O–H groups in total. The summed E-state index contributed by atoms with van der Waals surface area (Å²) in [4.78, 5) is 0. The smallest absolute Gasteiger partial charge is 0.125 e. The van der Waals surface area contributed by atoms with Crippen molar-refractivity contribution in [2.75, 3.05) is 6.61 Å². The van der Waals surface area contributed by atoms with Gasteiger partial charge in [-0.25, -0.2) is 0 Å². The van der Waals surface area contributed by atoms with Crippen LogP contribution in [0.1, 0.15) is 44.7 Å². The molecular weight excluding hydrogens is 260 g/mol. The van der Waals surface area contributed by atoms with Gasteiger partial charge in [-0.15, -0.1) is 0 Å². The highest BCUT2D eigenvalue weighted by molar-refractivity contribution is 6.30. The summed E-state index contributed by atoms with van der Waals surface area (Å²) in [5.41, 5.74) is 2.35. The van der Waals surface area contributed by atoms with Crippen LogP contribution in [0.3, 0.4) is 0 Å². The van der Waals surface area contributed by atoms with E-state index < -0.39 is 0 Å². The number of aryl methyl sites for hydroxylation is 1. The molecule has 2 nitrogen and oxygen atoms in total. The Bertz CT molecular complexity index is 449. The van der Waals surface area contributed by atoms with E-state index in [1.54, 1.807) is 0 Å². The molecule has 0 saturated carbocycles. The Morgan fingerprint density at radius 1 is 1.37 bits per heavy atom. The standard InChI is InChI=1S/C16H23ClO2/c1-16(2,3)14(18)6-4-5-11-9-13(17)10-12-7-8-19-15(11)12/h9-10,14,18H,4-8H2,1-3H3. The van der Waals surface area contributed by atoms with E-state index in [4.69, 9.17) is 16.3 Å². The van der Waals surface area contributed by atoms with Crippen LogP contribution in [-0.2, 0) is 12.8 Å². The normalized spacial score (nSPS) is 16.1. The molecule has 1 atom stereocenters. The first kappa shape index (κ1) is 14.7. The van der Waals surface area contributed by atoms with Gasteiger partial charge < -0.3 is 9.84 Å². The lowest BCUT2D eigenvalue weighted by atomic mass is 9.86. The summed E-state index contributed by atoms with van der Waals surface area (Å²) < 4.78 is 5.69. The number of aliphatic hydroxyl groups is 1. The van der Waals surface area contributed by atoms with E-state index in [0.29, 0.717) is 0 Å². The van der Waals surface area contributed by atoms with E-state index in [-0.39, 0.29) is 11.5 Å². The zero-order valence-corrected chi connectivity index (χ0v) is 12.8. The molecule has 0 fully saturated rings. The van der Waals surface area contributed by atoms with Gasteiger partial charge >= 0.3 is 0 Å². The van der Waals surface area contributed by atoms with Gasteiger partial charge in [-0.3, -0.25) is 0 Å². The molecule has 1 aromatic carbocycles. The lowest BCUT2D eigenvalue weighted by Crippen LogP contribution is -2.25. The molecule has 0 bridgehead atoms. The summed E-state index contributed by atoms with van der Waals surface area (Å²) in [6.07, 6.45) is 3.36. The highest BCUT2D eigenvalue weighted by Crippen LogP contribution is 2.34. The van der Waals surface area contributed by atoms with E-state index >= 15 is 0 Å². The number of hydrogen-bond acceptors (Lipinski definition) is 2. The van der Waals surface area contributed by atoms with Gasteiger partial charge in [-0.1, -0.05) is 32.4 Å². The van der Waals surface area contributed by atoms with E-state index in [9.17, 15) is 5.11 Å². The quantitative estimate of drug-likeness (QED) is 0.904. The topological polar surface area (TPSA) is 29.5 Å². The fraction of sp³-hybridized carbons (Fsp3) is 0.625. The summed E-state index contributed by atoms with van der Waals surface area (Å²) >= 11 is 6.14. The second-order valence-corrected chi connectivity index (χ2v) is 6.86. The minimum absolute atomic E-state index is 0.0488. The van der Waals surface area contributed by atoms with Crippen molar-refractivity contribution in [3.05, 3.63) is 28.3 Å². The van der Waals surface area contributed by atoms with Crippen molar-refractivity contribution >= 4 is 11.6 Å². The Balaban J connectivity index is 1.97. The van der Waals surface area contributed by atoms with Gasteiger partial charge in [-0.2, -0.15) is 0 Å². The molecule has 2 rings (SSSR count). The van der Waals surface area contributed by atoms with E-state index in [0.717, 1.165) is 43.1 Å². The zero-order valence-electron chi connectivity index (χ0n) is 12.0. The first-order valence-corrected chi connectivity index (χ1v) is 7.38. The second-order valence-electron chi connectivity index (χ2n) is 6.43. The number of aliphatic hydroxyl groups excluding tert-OH is 1. The molecule has 1 aliphatic rings. The van der Waals surface area contributed by atoms with E-state index in [1.165, 1.54) is 11.1 Å². The summed E-state index contributed by atoms with van der Waals surface area (Å²) in [6, 6.07) is 3.99. The SMILES string of the molecule is CC(C)(C)C(O)CCCc1cc(Cl)cc2c1OCC2. The molecule has 1 heterocycles. The van der Waals surface area contributed by atoms with Crippen molar-refractivity contribution in [3.8, 4) is 5.75 Å². The molecule has 1 aromatic rings. The van der Waals surface area contributed by atoms with Crippen LogP contribution in [0.5, 0.6) is 5.75 Å². The predicted octanol–water partition coefficient (Wildman–Crippen LogP) is 4.00. The molecule has 1 aliphatic heterocycles. The molecule has 0 spiro atoms. The zero-order chi connectivity index (χ0) is 14.0. The Hall–Kier alpha value is -0.730. The number of hydrogen-bond donors (Lipinski definition) is 1. The van der Waals surface area contributed by atoms with Gasteiger partial charge in [0.2, 0.25) is 0 Å². The molecule has 0 radical (unpaired) electrons. The highest BCUT2D eigenvalue weighted by atomic mass is 35.5. The van der Waals surface area contributed by atoms with Crippen LogP contribution >= 0.6 is 11.6 Å². The van der Waals surface area contributed by atoms with Crippen LogP contribution < -0.4 is 4.74 Å². The maximum Gasteiger partial charge on any atom is 0.125 e. The van der Waals surface area contributed by atoms with E-state index in [2.05, 4.69) is 20.8 Å². The summed E-state index contributed by atoms with van der Waals surface area (Å²) in [6.45, 7) is 6.96. The van der Waals surface area contributed by atoms with Crippen LogP contribution in [0, 0.1) is 5.41 Å². The van der Waals surface area contributed by atoms with Gasteiger partial charge in [0.05, 0.1) is 12.7 Å². The Labute approximate surface area is 120 Å². The second kappa shape index (κ2) is 5.72. The minimum Gasteiger partial charge on any atom is -0.493 e. The van der Waals surface area contributed by atoms with E-state index in [1.807, 2.05) is 12.1 Å². The average Bonchev–Trinajstić information content (AvgIpc) is 2.75. The van der Waals surface area contributed by atoms with Crippen molar-refractivity contribution in [1.82, 2.24) is 0 Å². The largest absolute Gasteiger partial charge is 0.493 e. The Kier molecular flexibility index (Phi) is 4.42. The summed E-state index contributed by atoms with van der Waals surface area (Å²) in [5.74, 6) is 1.02. The number of halogens is 1. The number of fused-ring (bicyclic) bond motifs is 1. The molecule has 0 aliphatic carbocycles. The number of ether oxygens (including phenoxy) is 1. The molecule has 106 valence electrons. The van der Waals surface area contributed by atoms with Gasteiger partial charge in [0, 0.05) is 11.4 Å². The third-order valence-corrected chi connectivity index (χ3v) is 3.97. The summed E-state index contributed by atoms with van der Waals surface area (Å²) in [5, 5.41) is 10.8. The fourth-order valence-corrected chi connectivity index (χ4v) is 2.71. The predicted molar refractivity (Wildman–Crippen MR) is 79.1 cm³/mol. The highest BCUT2D eigenvalue weighted by Gasteiger charge is 2.22. The van der Waals surface area contributed by atoms with Crippen LogP contribution in [-0.4, -0.2) is 17.8 Å². The minimum atomic E-state index is -0.263. The monoisotopic (exact) mass is 282 g/mol. The van der Waals surface area contributed by atoms with Crippen LogP contribution in [0.4, 0.5) is 0 Å². The molecular formula is C16H23ClO2. The van der Waals surface area contributed by atoms with Crippen LogP contribution in [0.25, 0.3) is 0 Å². The molecule has 0 aromatic heterocycles. The lowest BCUT2D eigenvalue weighted by molar-refractivity contribution is 0.0540. The molecule has 19 heavy (non-hydrogen) atoms. The van der Waals surface area contributed by atoms with Crippen molar-refractivity contribution in [3.63, 3.8) is 0 Å². The third kappa shape index (κ3) is 3.64. The van der Waals surface area contributed by atoms with Crippen molar-refractivity contribution < 1.29 is 9.84 Å². The third-order valence-electron chi connectivity index (χ3n) is 3.75. The van der Waals surface area contributed by atoms with Crippen molar-refractivity contribution in [1.29, 1.82) is 0 Å². The number of benzene rings is 1.